The molecule has 108 valence electrons. The first-order chi connectivity index (χ1) is 9.54. The molecule has 1 heterocycles. The molecule has 1 aromatic rings. The third kappa shape index (κ3) is 2.80. The molecule has 1 aliphatic heterocycles. The van der Waals surface area contributed by atoms with Crippen molar-refractivity contribution in [2.24, 2.45) is 5.92 Å². The lowest BCUT2D eigenvalue weighted by Gasteiger charge is -2.32. The third-order valence-electron chi connectivity index (χ3n) is 3.73. The Morgan fingerprint density at radius 1 is 1.55 bits per heavy atom. The summed E-state index contributed by atoms with van der Waals surface area (Å²) >= 11 is 0. The fourth-order valence-electron chi connectivity index (χ4n) is 2.64. The summed E-state index contributed by atoms with van der Waals surface area (Å²) in [6.45, 7) is 2.79. The zero-order valence-corrected chi connectivity index (χ0v) is 11.4. The summed E-state index contributed by atoms with van der Waals surface area (Å²) in [7, 11) is 0. The monoisotopic (exact) mass is 278 g/mol. The van der Waals surface area contributed by atoms with Crippen LogP contribution in [0.2, 0.25) is 0 Å². The van der Waals surface area contributed by atoms with Crippen molar-refractivity contribution in [1.29, 1.82) is 0 Å². The second-order valence-electron chi connectivity index (χ2n) is 5.17. The topological polar surface area (TPSA) is 83.7 Å². The standard InChI is InChI=1S/C14H18N2O4/c1-10-4-2-6-12(16(19)20)13(10)14(18)15-7-3-5-11(8-15)9-17/h2,4,6,11,17H,3,5,7-9H2,1H3. The molecule has 1 amide bonds. The van der Waals surface area contributed by atoms with Crippen LogP contribution < -0.4 is 0 Å². The summed E-state index contributed by atoms with van der Waals surface area (Å²) in [6, 6.07) is 4.64. The van der Waals surface area contributed by atoms with Crippen molar-refractivity contribution >= 4 is 11.6 Å². The summed E-state index contributed by atoms with van der Waals surface area (Å²) < 4.78 is 0. The van der Waals surface area contributed by atoms with Crippen LogP contribution in [0.5, 0.6) is 0 Å². The minimum absolute atomic E-state index is 0.0413. The molecule has 2 rings (SSSR count). The molecule has 0 spiro atoms. The summed E-state index contributed by atoms with van der Waals surface area (Å²) in [6.07, 6.45) is 1.70. The molecule has 1 N–H and O–H groups in total. The Hall–Kier alpha value is -1.95. The summed E-state index contributed by atoms with van der Waals surface area (Å²) in [5, 5.41) is 20.3. The second-order valence-corrected chi connectivity index (χ2v) is 5.17. The molecule has 0 bridgehead atoms. The maximum Gasteiger partial charge on any atom is 0.282 e. The highest BCUT2D eigenvalue weighted by Gasteiger charge is 2.29. The van der Waals surface area contributed by atoms with Crippen LogP contribution in [0.4, 0.5) is 5.69 Å². The number of carbonyl (C=O) groups excluding carboxylic acids is 1. The van der Waals surface area contributed by atoms with Gasteiger partial charge >= 0.3 is 0 Å². The fourth-order valence-corrected chi connectivity index (χ4v) is 2.64. The van der Waals surface area contributed by atoms with Crippen molar-refractivity contribution < 1.29 is 14.8 Å². The number of aliphatic hydroxyl groups excluding tert-OH is 1. The van der Waals surface area contributed by atoms with Gasteiger partial charge in [0, 0.05) is 25.8 Å². The summed E-state index contributed by atoms with van der Waals surface area (Å²) in [4.78, 5) is 24.7. The third-order valence-corrected chi connectivity index (χ3v) is 3.73. The van der Waals surface area contributed by atoms with Gasteiger partial charge in [0.2, 0.25) is 0 Å². The van der Waals surface area contributed by atoms with Crippen LogP contribution >= 0.6 is 0 Å². The van der Waals surface area contributed by atoms with Crippen molar-refractivity contribution in [3.05, 3.63) is 39.4 Å². The summed E-state index contributed by atoms with van der Waals surface area (Å²) in [5.74, 6) is -0.247. The van der Waals surface area contributed by atoms with Crippen LogP contribution in [0.3, 0.4) is 0 Å². The highest BCUT2D eigenvalue weighted by molar-refractivity contribution is 5.99. The average molecular weight is 278 g/mol. The molecule has 0 saturated carbocycles. The van der Waals surface area contributed by atoms with Gasteiger partial charge in [0.05, 0.1) is 4.92 Å². The van der Waals surface area contributed by atoms with E-state index in [4.69, 9.17) is 0 Å². The van der Waals surface area contributed by atoms with Crippen LogP contribution in [0, 0.1) is 23.0 Å². The zero-order valence-electron chi connectivity index (χ0n) is 11.4. The van der Waals surface area contributed by atoms with Crippen molar-refractivity contribution in [3.8, 4) is 0 Å². The first-order valence-corrected chi connectivity index (χ1v) is 6.68. The predicted molar refractivity (Wildman–Crippen MR) is 73.5 cm³/mol. The number of nitrogens with zero attached hydrogens (tertiary/aromatic N) is 2. The number of hydrogen-bond donors (Lipinski definition) is 1. The molecule has 0 aromatic heterocycles. The first kappa shape index (κ1) is 14.5. The number of nitro groups is 1. The van der Waals surface area contributed by atoms with Gasteiger partial charge in [0.25, 0.3) is 11.6 Å². The van der Waals surface area contributed by atoms with Gasteiger partial charge in [-0.1, -0.05) is 12.1 Å². The normalized spacial score (nSPS) is 18.9. The number of carbonyl (C=O) groups is 1. The van der Waals surface area contributed by atoms with Crippen molar-refractivity contribution in [2.45, 2.75) is 19.8 Å². The number of hydrogen-bond acceptors (Lipinski definition) is 4. The van der Waals surface area contributed by atoms with Gasteiger partial charge in [-0.05, 0) is 31.2 Å². The van der Waals surface area contributed by atoms with Crippen LogP contribution in [0.15, 0.2) is 18.2 Å². The summed E-state index contributed by atoms with van der Waals surface area (Å²) in [5.41, 5.74) is 0.618. The quantitative estimate of drug-likeness (QED) is 0.674. The minimum atomic E-state index is -0.520. The number of aliphatic hydroxyl groups is 1. The molecular weight excluding hydrogens is 260 g/mol. The molecule has 1 atom stereocenters. The number of aryl methyl sites for hydroxylation is 1. The van der Waals surface area contributed by atoms with Gasteiger partial charge in [0.1, 0.15) is 5.56 Å². The van der Waals surface area contributed by atoms with E-state index in [1.165, 1.54) is 6.07 Å². The predicted octanol–water partition coefficient (Wildman–Crippen LogP) is 1.75. The maximum atomic E-state index is 12.5. The van der Waals surface area contributed by atoms with Crippen LogP contribution in [0.1, 0.15) is 28.8 Å². The number of likely N-dealkylation sites (tertiary alicyclic amines) is 1. The molecule has 6 heteroatoms. The van der Waals surface area contributed by atoms with Crippen LogP contribution in [0.25, 0.3) is 0 Å². The average Bonchev–Trinajstić information content (AvgIpc) is 2.46. The second kappa shape index (κ2) is 6.00. The lowest BCUT2D eigenvalue weighted by Crippen LogP contribution is -2.41. The number of piperidine rings is 1. The maximum absolute atomic E-state index is 12.5. The van der Waals surface area contributed by atoms with E-state index in [0.717, 1.165) is 12.8 Å². The van der Waals surface area contributed by atoms with E-state index in [1.807, 2.05) is 0 Å². The smallest absolute Gasteiger partial charge is 0.282 e. The van der Waals surface area contributed by atoms with E-state index in [1.54, 1.807) is 24.0 Å². The molecule has 0 radical (unpaired) electrons. The van der Waals surface area contributed by atoms with E-state index in [-0.39, 0.29) is 29.7 Å². The molecular formula is C14H18N2O4. The molecule has 1 unspecified atom stereocenters. The van der Waals surface area contributed by atoms with Crippen molar-refractivity contribution in [1.82, 2.24) is 4.90 Å². The Morgan fingerprint density at radius 3 is 2.95 bits per heavy atom. The fraction of sp³-hybridized carbons (Fsp3) is 0.500. The Balaban J connectivity index is 2.31. The largest absolute Gasteiger partial charge is 0.396 e. The highest BCUT2D eigenvalue weighted by atomic mass is 16.6. The molecule has 20 heavy (non-hydrogen) atoms. The van der Waals surface area contributed by atoms with Crippen molar-refractivity contribution in [2.75, 3.05) is 19.7 Å². The van der Waals surface area contributed by atoms with E-state index in [9.17, 15) is 20.0 Å². The van der Waals surface area contributed by atoms with Gasteiger partial charge in [0.15, 0.2) is 0 Å². The van der Waals surface area contributed by atoms with Gasteiger partial charge in [-0.3, -0.25) is 14.9 Å². The van der Waals surface area contributed by atoms with E-state index in [2.05, 4.69) is 0 Å². The molecule has 0 aliphatic carbocycles. The van der Waals surface area contributed by atoms with E-state index >= 15 is 0 Å². The Bertz CT molecular complexity index is 530. The van der Waals surface area contributed by atoms with E-state index < -0.39 is 4.92 Å². The van der Waals surface area contributed by atoms with Gasteiger partial charge in [-0.2, -0.15) is 0 Å². The number of nitro benzene ring substituents is 1. The number of benzene rings is 1. The van der Waals surface area contributed by atoms with E-state index in [0.29, 0.717) is 18.7 Å². The first-order valence-electron chi connectivity index (χ1n) is 6.68. The van der Waals surface area contributed by atoms with Crippen molar-refractivity contribution in [3.63, 3.8) is 0 Å². The molecule has 1 fully saturated rings. The number of rotatable bonds is 3. The molecule has 1 saturated heterocycles. The Labute approximate surface area is 117 Å². The molecule has 1 aromatic carbocycles. The molecule has 6 nitrogen and oxygen atoms in total. The lowest BCUT2D eigenvalue weighted by atomic mass is 9.97. The van der Waals surface area contributed by atoms with Gasteiger partial charge < -0.3 is 10.0 Å². The zero-order chi connectivity index (χ0) is 14.7. The van der Waals surface area contributed by atoms with Crippen LogP contribution in [-0.2, 0) is 0 Å². The van der Waals surface area contributed by atoms with Gasteiger partial charge in [-0.25, -0.2) is 0 Å². The lowest BCUT2D eigenvalue weighted by molar-refractivity contribution is -0.385. The SMILES string of the molecule is Cc1cccc([N+](=O)[O-])c1C(=O)N1CCCC(CO)C1. The van der Waals surface area contributed by atoms with Crippen LogP contribution in [-0.4, -0.2) is 40.5 Å². The highest BCUT2D eigenvalue weighted by Crippen LogP contribution is 2.26. The number of amides is 1. The van der Waals surface area contributed by atoms with Gasteiger partial charge in [-0.15, -0.1) is 0 Å². The Morgan fingerprint density at radius 2 is 2.30 bits per heavy atom. The Kier molecular flexibility index (Phi) is 4.34. The molecule has 1 aliphatic rings. The minimum Gasteiger partial charge on any atom is -0.396 e.